The number of hydrogen-bond acceptors (Lipinski definition) is 9. The Kier molecular flexibility index (Phi) is 9.11. The molecule has 15 heteroatoms. The molecular formula is C30H25F3N2O8S2. The first kappa shape index (κ1) is 31.9. The van der Waals surface area contributed by atoms with Crippen molar-refractivity contribution in [2.24, 2.45) is 0 Å². The molecule has 2 heterocycles. The van der Waals surface area contributed by atoms with E-state index in [1.54, 1.807) is 84.9 Å². The van der Waals surface area contributed by atoms with E-state index in [9.17, 15) is 36.0 Å². The van der Waals surface area contributed by atoms with Crippen LogP contribution in [0.4, 0.5) is 13.2 Å². The molecule has 45 heavy (non-hydrogen) atoms. The Morgan fingerprint density at radius 2 is 1.62 bits per heavy atom. The Morgan fingerprint density at radius 1 is 1.00 bits per heavy atom. The summed E-state index contributed by atoms with van der Waals surface area (Å²) >= 11 is 0.819. The number of ether oxygens (including phenoxy) is 2. The van der Waals surface area contributed by atoms with Crippen LogP contribution in [0.1, 0.15) is 22.8 Å². The molecule has 0 aliphatic carbocycles. The van der Waals surface area contributed by atoms with Gasteiger partial charge in [0.2, 0.25) is 5.91 Å². The smallest absolute Gasteiger partial charge is 0.497 e. The molecule has 2 atom stereocenters. The van der Waals surface area contributed by atoms with E-state index in [0.29, 0.717) is 22.4 Å². The maximum atomic E-state index is 13.7. The molecule has 2 amide bonds. The minimum atomic E-state index is -6.20. The number of nitrogens with zero attached hydrogens (tertiary/aromatic N) is 1. The lowest BCUT2D eigenvalue weighted by Crippen LogP contribution is -2.70. The van der Waals surface area contributed by atoms with Crippen LogP contribution in [0, 0.1) is 0 Å². The van der Waals surface area contributed by atoms with Gasteiger partial charge < -0.3 is 19.0 Å². The number of amides is 2. The molecule has 1 saturated heterocycles. The highest BCUT2D eigenvalue weighted by atomic mass is 32.2. The molecule has 0 radical (unpaired) electrons. The highest BCUT2D eigenvalue weighted by molar-refractivity contribution is 8.00. The summed E-state index contributed by atoms with van der Waals surface area (Å²) in [6, 6.07) is 22.4. The Morgan fingerprint density at radius 3 is 2.20 bits per heavy atom. The number of rotatable bonds is 10. The largest absolute Gasteiger partial charge is 0.534 e. The zero-order valence-corrected chi connectivity index (χ0v) is 25.0. The first-order valence-corrected chi connectivity index (χ1v) is 15.8. The number of β-lactam (4-membered cyclic amide) rings is 1. The quantitative estimate of drug-likeness (QED) is 0.148. The third-order valence-corrected chi connectivity index (χ3v) is 9.11. The number of benzene rings is 3. The SMILES string of the molecule is COc1cccc(CC(=O)NC2C(=O)N3C(C(=O)OC(c4ccccc4)c4ccccc4)=C(OS(=O)(=O)C(F)(F)F)CS[C@H]23)c1. The van der Waals surface area contributed by atoms with E-state index in [4.69, 9.17) is 9.47 Å². The molecular weight excluding hydrogens is 637 g/mol. The number of halogens is 3. The molecule has 2 aliphatic rings. The number of methoxy groups -OCH3 is 1. The molecule has 1 fully saturated rings. The number of nitrogens with one attached hydrogen (secondary N) is 1. The number of carbonyl (C=O) groups is 3. The maximum absolute atomic E-state index is 13.7. The summed E-state index contributed by atoms with van der Waals surface area (Å²) in [4.78, 5) is 40.7. The van der Waals surface area contributed by atoms with Gasteiger partial charge in [-0.15, -0.1) is 11.8 Å². The number of fused-ring (bicyclic) bond motifs is 1. The van der Waals surface area contributed by atoms with Crippen molar-refractivity contribution in [2.45, 2.75) is 29.4 Å². The van der Waals surface area contributed by atoms with Crippen molar-refractivity contribution >= 4 is 39.7 Å². The Bertz CT molecular complexity index is 1700. The monoisotopic (exact) mass is 662 g/mol. The van der Waals surface area contributed by atoms with Crippen molar-refractivity contribution in [3.05, 3.63) is 113 Å². The van der Waals surface area contributed by atoms with Gasteiger partial charge in [0, 0.05) is 0 Å². The van der Waals surface area contributed by atoms with Gasteiger partial charge in [-0.1, -0.05) is 72.8 Å². The zero-order chi connectivity index (χ0) is 32.4. The van der Waals surface area contributed by atoms with Gasteiger partial charge in [0.15, 0.2) is 17.6 Å². The van der Waals surface area contributed by atoms with E-state index < -0.39 is 68.1 Å². The van der Waals surface area contributed by atoms with E-state index in [1.165, 1.54) is 7.11 Å². The highest BCUT2D eigenvalue weighted by Gasteiger charge is 2.57. The van der Waals surface area contributed by atoms with Gasteiger partial charge in [0.1, 0.15) is 17.2 Å². The van der Waals surface area contributed by atoms with Crippen LogP contribution in [0.15, 0.2) is 96.4 Å². The number of esters is 1. The van der Waals surface area contributed by atoms with E-state index in [-0.39, 0.29) is 6.42 Å². The normalized spacial score (nSPS) is 18.2. The minimum absolute atomic E-state index is 0.114. The molecule has 1 N–H and O–H groups in total. The van der Waals surface area contributed by atoms with Gasteiger partial charge in [-0.2, -0.15) is 21.6 Å². The van der Waals surface area contributed by atoms with E-state index >= 15 is 0 Å². The van der Waals surface area contributed by atoms with Crippen LogP contribution < -0.4 is 10.1 Å². The topological polar surface area (TPSA) is 128 Å². The molecule has 2 aliphatic heterocycles. The number of carbonyl (C=O) groups excluding carboxylic acids is 3. The number of thioether (sulfide) groups is 1. The Balaban J connectivity index is 1.44. The predicted molar refractivity (Wildman–Crippen MR) is 156 cm³/mol. The van der Waals surface area contributed by atoms with Gasteiger partial charge in [0.25, 0.3) is 5.91 Å². The second-order valence-electron chi connectivity index (χ2n) is 9.84. The molecule has 10 nitrogen and oxygen atoms in total. The third-order valence-electron chi connectivity index (χ3n) is 6.87. The van der Waals surface area contributed by atoms with Crippen molar-refractivity contribution in [1.82, 2.24) is 10.2 Å². The van der Waals surface area contributed by atoms with Crippen LogP contribution in [0.3, 0.4) is 0 Å². The van der Waals surface area contributed by atoms with E-state index in [2.05, 4.69) is 9.50 Å². The first-order chi connectivity index (χ1) is 21.4. The van der Waals surface area contributed by atoms with Crippen molar-refractivity contribution in [1.29, 1.82) is 0 Å². The minimum Gasteiger partial charge on any atom is -0.497 e. The third kappa shape index (κ3) is 6.78. The van der Waals surface area contributed by atoms with Crippen LogP contribution in [0.25, 0.3) is 0 Å². The molecule has 0 saturated carbocycles. The summed E-state index contributed by atoms with van der Waals surface area (Å²) in [5.41, 5.74) is -5.00. The lowest BCUT2D eigenvalue weighted by Gasteiger charge is -2.49. The molecule has 236 valence electrons. The summed E-state index contributed by atoms with van der Waals surface area (Å²) in [7, 11) is -4.73. The fraction of sp³-hybridized carbons (Fsp3) is 0.233. The standard InChI is InChI=1S/C30H25F3N2O8S2/c1-41-21-14-8-9-18(15-21)16-23(36)34-24-27(37)35-25(22(17-44-28(24)35)43-45(39,40)30(31,32)33)29(38)42-26(19-10-4-2-5-11-19)20-12-6-3-7-13-20/h2-15,24,26,28H,16-17H2,1H3,(H,34,36)/t24?,28-/m1/s1. The maximum Gasteiger partial charge on any atom is 0.534 e. The number of alkyl halides is 3. The fourth-order valence-electron chi connectivity index (χ4n) is 4.76. The van der Waals surface area contributed by atoms with Gasteiger partial charge >= 0.3 is 21.6 Å². The van der Waals surface area contributed by atoms with Crippen LogP contribution in [-0.4, -0.2) is 60.9 Å². The second-order valence-corrected chi connectivity index (χ2v) is 12.5. The van der Waals surface area contributed by atoms with Crippen molar-refractivity contribution in [3.63, 3.8) is 0 Å². The summed E-state index contributed by atoms with van der Waals surface area (Å²) in [6.45, 7) is 0. The van der Waals surface area contributed by atoms with Crippen LogP contribution >= 0.6 is 11.8 Å². The van der Waals surface area contributed by atoms with E-state index in [1.807, 2.05) is 0 Å². The number of hydrogen-bond donors (Lipinski definition) is 1. The summed E-state index contributed by atoms with van der Waals surface area (Å²) in [5, 5.41) is 1.63. The average molecular weight is 663 g/mol. The lowest BCUT2D eigenvalue weighted by molar-refractivity contribution is -0.155. The zero-order valence-electron chi connectivity index (χ0n) is 23.4. The molecule has 1 unspecified atom stereocenters. The van der Waals surface area contributed by atoms with Crippen LogP contribution in [0.5, 0.6) is 5.75 Å². The molecule has 3 aromatic rings. The van der Waals surface area contributed by atoms with Crippen molar-refractivity contribution < 1.29 is 49.6 Å². The Hall–Kier alpha value is -4.50. The van der Waals surface area contributed by atoms with E-state index in [0.717, 1.165) is 16.7 Å². The molecule has 5 rings (SSSR count). The van der Waals surface area contributed by atoms with Gasteiger partial charge in [-0.3, -0.25) is 14.5 Å². The first-order valence-electron chi connectivity index (χ1n) is 13.3. The second kappa shape index (κ2) is 12.9. The summed E-state index contributed by atoms with van der Waals surface area (Å²) in [5.74, 6) is -3.64. The fourth-order valence-corrected chi connectivity index (χ4v) is 6.59. The van der Waals surface area contributed by atoms with Crippen LogP contribution in [-0.2, 0) is 39.8 Å². The van der Waals surface area contributed by atoms with Gasteiger partial charge in [0.05, 0.1) is 19.3 Å². The molecule has 0 aromatic heterocycles. The van der Waals surface area contributed by atoms with Crippen molar-refractivity contribution in [2.75, 3.05) is 12.9 Å². The van der Waals surface area contributed by atoms with Crippen molar-refractivity contribution in [3.8, 4) is 5.75 Å². The molecule has 0 bridgehead atoms. The molecule has 0 spiro atoms. The molecule has 3 aromatic carbocycles. The summed E-state index contributed by atoms with van der Waals surface area (Å²) < 4.78 is 79.0. The van der Waals surface area contributed by atoms with Crippen LogP contribution in [0.2, 0.25) is 0 Å². The Labute approximate surface area is 260 Å². The summed E-state index contributed by atoms with van der Waals surface area (Å²) in [6.07, 6.45) is -1.19. The average Bonchev–Trinajstić information content (AvgIpc) is 3.02. The lowest BCUT2D eigenvalue weighted by atomic mass is 10.0. The van der Waals surface area contributed by atoms with Gasteiger partial charge in [-0.25, -0.2) is 4.79 Å². The highest BCUT2D eigenvalue weighted by Crippen LogP contribution is 2.43. The predicted octanol–water partition coefficient (Wildman–Crippen LogP) is 4.05. The van der Waals surface area contributed by atoms with Gasteiger partial charge in [-0.05, 0) is 28.8 Å².